The fourth-order valence-electron chi connectivity index (χ4n) is 4.21. The molecule has 0 radical (unpaired) electrons. The quantitative estimate of drug-likeness (QED) is 0.921. The van der Waals surface area contributed by atoms with Gasteiger partial charge in [0.15, 0.2) is 0 Å². The van der Waals surface area contributed by atoms with Gasteiger partial charge >= 0.3 is 0 Å². The summed E-state index contributed by atoms with van der Waals surface area (Å²) in [5.41, 5.74) is 2.36. The number of hydrogen-bond acceptors (Lipinski definition) is 3. The lowest BCUT2D eigenvalue weighted by atomic mass is 9.79. The van der Waals surface area contributed by atoms with Gasteiger partial charge in [-0.05, 0) is 69.5 Å². The van der Waals surface area contributed by atoms with Gasteiger partial charge in [0.25, 0.3) is 0 Å². The zero-order valence-corrected chi connectivity index (χ0v) is 14.3. The normalized spacial score (nSPS) is 28.8. The summed E-state index contributed by atoms with van der Waals surface area (Å²) in [5, 5.41) is 3.62. The van der Waals surface area contributed by atoms with Crippen molar-refractivity contribution in [3.05, 3.63) is 47.9 Å². The molecule has 3 aliphatic rings. The number of anilines is 1. The summed E-state index contributed by atoms with van der Waals surface area (Å²) in [6.07, 6.45) is 4.31. The lowest BCUT2D eigenvalue weighted by Gasteiger charge is -2.50. The van der Waals surface area contributed by atoms with E-state index in [4.69, 9.17) is 0 Å². The van der Waals surface area contributed by atoms with Gasteiger partial charge in [0.05, 0.1) is 0 Å². The molecule has 4 heterocycles. The second-order valence-electron chi connectivity index (χ2n) is 7.20. The Kier molecular flexibility index (Phi) is 4.01. The van der Waals surface area contributed by atoms with Crippen LogP contribution in [0.25, 0.3) is 11.1 Å². The Morgan fingerprint density at radius 1 is 1.17 bits per heavy atom. The molecule has 0 spiro atoms. The number of fused-ring (bicyclic) bond motifs is 3. The van der Waals surface area contributed by atoms with Gasteiger partial charge in [0.1, 0.15) is 11.6 Å². The van der Waals surface area contributed by atoms with Crippen molar-refractivity contribution in [1.82, 2.24) is 9.88 Å². The highest BCUT2D eigenvalue weighted by Gasteiger charge is 2.39. The summed E-state index contributed by atoms with van der Waals surface area (Å²) in [7, 11) is 0. The van der Waals surface area contributed by atoms with Crippen molar-refractivity contribution in [1.29, 1.82) is 0 Å². The Morgan fingerprint density at radius 3 is 2.58 bits per heavy atom. The number of piperidine rings is 3. The maximum atomic E-state index is 14.1. The van der Waals surface area contributed by atoms with E-state index >= 15 is 0 Å². The predicted octanol–water partition coefficient (Wildman–Crippen LogP) is 4.09. The largest absolute Gasteiger partial charge is 0.365 e. The Bertz CT molecular complexity index is 718. The molecule has 3 nitrogen and oxygen atoms in total. The van der Waals surface area contributed by atoms with Crippen LogP contribution in [0.3, 0.4) is 0 Å². The highest BCUT2D eigenvalue weighted by Crippen LogP contribution is 2.34. The van der Waals surface area contributed by atoms with Crippen LogP contribution in [-0.2, 0) is 0 Å². The Morgan fingerprint density at radius 2 is 1.96 bits per heavy atom. The van der Waals surface area contributed by atoms with Gasteiger partial charge in [-0.3, -0.25) is 4.90 Å². The van der Waals surface area contributed by atoms with Crippen LogP contribution in [0, 0.1) is 18.7 Å². The van der Waals surface area contributed by atoms with Crippen molar-refractivity contribution < 1.29 is 4.39 Å². The van der Waals surface area contributed by atoms with Crippen LogP contribution in [0.1, 0.15) is 25.3 Å². The average molecular weight is 325 g/mol. The standard InChI is InChI=1S/C20H24FN3/c1-13-3-5-17(18(21)11-13)16-4-6-19(22-12-16)23-20-14(2)24-9-7-15(20)8-10-24/h3-6,11-12,14-15,20H,7-10H2,1-2H3,(H,22,23)/t14-,20-/m1/s1. The fraction of sp³-hybridized carbons (Fsp3) is 0.450. The van der Waals surface area contributed by atoms with Gasteiger partial charge in [0, 0.05) is 29.4 Å². The molecule has 5 rings (SSSR count). The Balaban J connectivity index is 1.52. The van der Waals surface area contributed by atoms with E-state index in [9.17, 15) is 4.39 Å². The molecule has 3 aliphatic heterocycles. The number of halogens is 1. The maximum absolute atomic E-state index is 14.1. The summed E-state index contributed by atoms with van der Waals surface area (Å²) < 4.78 is 14.1. The minimum absolute atomic E-state index is 0.191. The van der Waals surface area contributed by atoms with Crippen molar-refractivity contribution in [3.63, 3.8) is 0 Å². The van der Waals surface area contributed by atoms with E-state index in [1.807, 2.05) is 31.2 Å². The smallest absolute Gasteiger partial charge is 0.131 e. The monoisotopic (exact) mass is 325 g/mol. The minimum Gasteiger partial charge on any atom is -0.365 e. The number of hydrogen-bond donors (Lipinski definition) is 1. The van der Waals surface area contributed by atoms with Crippen molar-refractivity contribution in [3.8, 4) is 11.1 Å². The number of aryl methyl sites for hydroxylation is 1. The second-order valence-corrected chi connectivity index (χ2v) is 7.20. The van der Waals surface area contributed by atoms with Crippen LogP contribution in [0.15, 0.2) is 36.5 Å². The van der Waals surface area contributed by atoms with Crippen LogP contribution in [0.2, 0.25) is 0 Å². The highest BCUT2D eigenvalue weighted by molar-refractivity contribution is 5.64. The molecule has 126 valence electrons. The van der Waals surface area contributed by atoms with Crippen molar-refractivity contribution in [2.24, 2.45) is 5.92 Å². The molecule has 2 atom stereocenters. The van der Waals surface area contributed by atoms with E-state index in [1.54, 1.807) is 12.3 Å². The SMILES string of the molecule is Cc1ccc(-c2ccc(N[C@H]3C4CCN(CC4)[C@@H]3C)nc2)c(F)c1. The first kappa shape index (κ1) is 15.6. The van der Waals surface area contributed by atoms with Crippen LogP contribution >= 0.6 is 0 Å². The van der Waals surface area contributed by atoms with E-state index in [2.05, 4.69) is 22.1 Å². The average Bonchev–Trinajstić information content (AvgIpc) is 2.59. The lowest BCUT2D eigenvalue weighted by molar-refractivity contribution is 0.0457. The molecule has 2 aromatic rings. The maximum Gasteiger partial charge on any atom is 0.131 e. The van der Waals surface area contributed by atoms with Gasteiger partial charge < -0.3 is 5.32 Å². The molecule has 1 aromatic heterocycles. The molecule has 4 heteroatoms. The molecule has 1 N–H and O–H groups in total. The first-order valence-electron chi connectivity index (χ1n) is 8.85. The number of rotatable bonds is 3. The minimum atomic E-state index is -0.191. The molecular formula is C20H24FN3. The summed E-state index contributed by atoms with van der Waals surface area (Å²) in [4.78, 5) is 7.10. The first-order chi connectivity index (χ1) is 11.6. The summed E-state index contributed by atoms with van der Waals surface area (Å²) in [5.74, 6) is 1.43. The van der Waals surface area contributed by atoms with Crippen molar-refractivity contribution in [2.45, 2.75) is 38.8 Å². The highest BCUT2D eigenvalue weighted by atomic mass is 19.1. The number of benzene rings is 1. The van der Waals surface area contributed by atoms with Gasteiger partial charge in [-0.25, -0.2) is 9.37 Å². The number of nitrogens with zero attached hydrogens (tertiary/aromatic N) is 2. The zero-order valence-electron chi connectivity index (χ0n) is 14.3. The summed E-state index contributed by atoms with van der Waals surface area (Å²) >= 11 is 0. The molecule has 24 heavy (non-hydrogen) atoms. The molecule has 0 amide bonds. The third-order valence-electron chi connectivity index (χ3n) is 5.69. The van der Waals surface area contributed by atoms with Crippen LogP contribution in [0.4, 0.5) is 10.2 Å². The first-order valence-corrected chi connectivity index (χ1v) is 8.85. The van der Waals surface area contributed by atoms with E-state index in [0.717, 1.165) is 22.9 Å². The van der Waals surface area contributed by atoms with Crippen LogP contribution in [-0.4, -0.2) is 35.1 Å². The molecule has 3 fully saturated rings. The van der Waals surface area contributed by atoms with Gasteiger partial charge in [0.2, 0.25) is 0 Å². The topological polar surface area (TPSA) is 28.2 Å². The molecule has 0 unspecified atom stereocenters. The number of pyridine rings is 1. The molecule has 0 aliphatic carbocycles. The van der Waals surface area contributed by atoms with Crippen molar-refractivity contribution in [2.75, 3.05) is 18.4 Å². The number of aromatic nitrogens is 1. The molecular weight excluding hydrogens is 301 g/mol. The van der Waals surface area contributed by atoms with E-state index in [0.29, 0.717) is 17.6 Å². The predicted molar refractivity (Wildman–Crippen MR) is 95.5 cm³/mol. The Hall–Kier alpha value is -1.94. The zero-order chi connectivity index (χ0) is 16.7. The third-order valence-corrected chi connectivity index (χ3v) is 5.69. The summed E-state index contributed by atoms with van der Waals surface area (Å²) in [6.45, 7) is 6.65. The van der Waals surface area contributed by atoms with Crippen LogP contribution in [0.5, 0.6) is 0 Å². The Labute approximate surface area is 142 Å². The van der Waals surface area contributed by atoms with E-state index in [1.165, 1.54) is 25.9 Å². The number of nitrogens with one attached hydrogen (secondary N) is 1. The van der Waals surface area contributed by atoms with Gasteiger partial charge in [-0.2, -0.15) is 0 Å². The lowest BCUT2D eigenvalue weighted by Crippen LogP contribution is -2.59. The summed E-state index contributed by atoms with van der Waals surface area (Å²) in [6, 6.07) is 10.3. The van der Waals surface area contributed by atoms with Crippen molar-refractivity contribution >= 4 is 5.82 Å². The molecule has 0 saturated carbocycles. The van der Waals surface area contributed by atoms with Gasteiger partial charge in [-0.1, -0.05) is 12.1 Å². The molecule has 1 aromatic carbocycles. The third kappa shape index (κ3) is 2.80. The van der Waals surface area contributed by atoms with E-state index < -0.39 is 0 Å². The van der Waals surface area contributed by atoms with Crippen LogP contribution < -0.4 is 5.32 Å². The van der Waals surface area contributed by atoms with Gasteiger partial charge in [-0.15, -0.1) is 0 Å². The molecule has 3 saturated heterocycles. The second kappa shape index (κ2) is 6.17. The fourth-order valence-corrected chi connectivity index (χ4v) is 4.21. The van der Waals surface area contributed by atoms with E-state index in [-0.39, 0.29) is 5.82 Å². The molecule has 2 bridgehead atoms.